The van der Waals surface area contributed by atoms with E-state index >= 15 is 0 Å². The summed E-state index contributed by atoms with van der Waals surface area (Å²) in [6, 6.07) is 9.57. The summed E-state index contributed by atoms with van der Waals surface area (Å²) in [5, 5.41) is 16.3. The summed E-state index contributed by atoms with van der Waals surface area (Å²) in [6.07, 6.45) is 7.55. The van der Waals surface area contributed by atoms with Crippen LogP contribution in [-0.4, -0.2) is 32.7 Å². The van der Waals surface area contributed by atoms with Gasteiger partial charge in [0.1, 0.15) is 0 Å². The average molecular weight is 365 g/mol. The molecule has 0 atom stereocenters. The Morgan fingerprint density at radius 2 is 1.96 bits per heavy atom. The molecule has 1 aliphatic rings. The van der Waals surface area contributed by atoms with Gasteiger partial charge in [0.25, 0.3) is 0 Å². The molecule has 0 fully saturated rings. The van der Waals surface area contributed by atoms with E-state index < -0.39 is 5.66 Å². The SMILES string of the molecule is C#CCCC1(CCC(=O)N(Cc2nnc(-c3ccccc3)o2)C(C)C)N=N1. The number of terminal acetylenes is 1. The predicted molar refractivity (Wildman–Crippen MR) is 100 cm³/mol. The summed E-state index contributed by atoms with van der Waals surface area (Å²) >= 11 is 0. The van der Waals surface area contributed by atoms with Gasteiger partial charge in [0.2, 0.25) is 17.7 Å². The highest BCUT2D eigenvalue weighted by molar-refractivity contribution is 5.76. The number of hydrogen-bond donors (Lipinski definition) is 0. The van der Waals surface area contributed by atoms with E-state index in [0.717, 1.165) is 5.56 Å². The van der Waals surface area contributed by atoms with E-state index in [-0.39, 0.29) is 18.5 Å². The number of hydrogen-bond acceptors (Lipinski definition) is 6. The third kappa shape index (κ3) is 4.79. The van der Waals surface area contributed by atoms with E-state index in [1.165, 1.54) is 0 Å². The molecule has 0 bridgehead atoms. The minimum absolute atomic E-state index is 0.0133. The lowest BCUT2D eigenvalue weighted by Crippen LogP contribution is -2.37. The van der Waals surface area contributed by atoms with Gasteiger partial charge in [-0.1, -0.05) is 18.2 Å². The molecule has 2 aromatic rings. The molecule has 140 valence electrons. The molecule has 0 saturated carbocycles. The zero-order chi connectivity index (χ0) is 19.3. The molecule has 0 saturated heterocycles. The Bertz CT molecular complexity index is 845. The molecule has 3 rings (SSSR count). The largest absolute Gasteiger partial charge is 0.419 e. The van der Waals surface area contributed by atoms with Crippen LogP contribution < -0.4 is 0 Å². The monoisotopic (exact) mass is 365 g/mol. The minimum Gasteiger partial charge on any atom is -0.419 e. The van der Waals surface area contributed by atoms with Gasteiger partial charge in [-0.2, -0.15) is 10.2 Å². The summed E-state index contributed by atoms with van der Waals surface area (Å²) in [7, 11) is 0. The van der Waals surface area contributed by atoms with Crippen LogP contribution in [0.5, 0.6) is 0 Å². The maximum Gasteiger partial charge on any atom is 0.247 e. The first kappa shape index (κ1) is 18.8. The zero-order valence-corrected chi connectivity index (χ0v) is 15.6. The first-order valence-corrected chi connectivity index (χ1v) is 9.08. The van der Waals surface area contributed by atoms with Crippen molar-refractivity contribution < 1.29 is 9.21 Å². The van der Waals surface area contributed by atoms with Crippen LogP contribution in [-0.2, 0) is 11.3 Å². The van der Waals surface area contributed by atoms with Crippen LogP contribution in [0, 0.1) is 12.3 Å². The summed E-state index contributed by atoms with van der Waals surface area (Å²) in [6.45, 7) is 4.21. The summed E-state index contributed by atoms with van der Waals surface area (Å²) in [4.78, 5) is 14.5. The Morgan fingerprint density at radius 3 is 2.59 bits per heavy atom. The van der Waals surface area contributed by atoms with Crippen molar-refractivity contribution >= 4 is 5.91 Å². The molecule has 1 aromatic carbocycles. The molecule has 0 spiro atoms. The van der Waals surface area contributed by atoms with Crippen LogP contribution in [0.2, 0.25) is 0 Å². The van der Waals surface area contributed by atoms with Gasteiger partial charge in [0, 0.05) is 37.3 Å². The quantitative estimate of drug-likeness (QED) is 0.632. The van der Waals surface area contributed by atoms with Crippen molar-refractivity contribution in [3.8, 4) is 23.8 Å². The lowest BCUT2D eigenvalue weighted by Gasteiger charge is -2.25. The molecule has 1 aromatic heterocycles. The maximum absolute atomic E-state index is 12.7. The van der Waals surface area contributed by atoms with Gasteiger partial charge in [-0.3, -0.25) is 4.79 Å². The molecule has 7 heteroatoms. The van der Waals surface area contributed by atoms with Crippen molar-refractivity contribution in [2.45, 2.75) is 57.8 Å². The number of benzene rings is 1. The molecule has 0 radical (unpaired) electrons. The van der Waals surface area contributed by atoms with E-state index in [2.05, 4.69) is 26.3 Å². The molecular formula is C20H23N5O2. The van der Waals surface area contributed by atoms with Crippen LogP contribution in [0.25, 0.3) is 11.5 Å². The Hall–Kier alpha value is -3.01. The van der Waals surface area contributed by atoms with Crippen LogP contribution >= 0.6 is 0 Å². The maximum atomic E-state index is 12.7. The second-order valence-corrected chi connectivity index (χ2v) is 6.87. The van der Waals surface area contributed by atoms with Gasteiger partial charge >= 0.3 is 0 Å². The molecule has 0 aliphatic carbocycles. The van der Waals surface area contributed by atoms with Gasteiger partial charge in [-0.25, -0.2) is 0 Å². The standard InChI is InChI=1S/C20H23N5O2/c1-4-5-12-20(23-24-20)13-11-18(26)25(15(2)3)14-17-21-22-19(27-17)16-9-7-6-8-10-16/h1,6-10,15H,5,11-14H2,2-3H3. The second kappa shape index (κ2) is 8.12. The molecular weight excluding hydrogens is 342 g/mol. The highest BCUT2D eigenvalue weighted by Crippen LogP contribution is 2.37. The number of amides is 1. The molecule has 7 nitrogen and oxygen atoms in total. The number of carbonyl (C=O) groups excluding carboxylic acids is 1. The van der Waals surface area contributed by atoms with Gasteiger partial charge in [-0.05, 0) is 26.0 Å². The normalized spacial score (nSPS) is 14.1. The van der Waals surface area contributed by atoms with Crippen LogP contribution in [0.15, 0.2) is 45.0 Å². The number of rotatable bonds is 9. The smallest absolute Gasteiger partial charge is 0.247 e. The van der Waals surface area contributed by atoms with Crippen molar-refractivity contribution in [2.24, 2.45) is 10.2 Å². The number of carbonyl (C=O) groups is 1. The fourth-order valence-electron chi connectivity index (χ4n) is 2.84. The van der Waals surface area contributed by atoms with Gasteiger partial charge in [0.05, 0.1) is 6.54 Å². The fourth-order valence-corrected chi connectivity index (χ4v) is 2.84. The minimum atomic E-state index is -0.449. The second-order valence-electron chi connectivity index (χ2n) is 6.87. The van der Waals surface area contributed by atoms with E-state index in [0.29, 0.717) is 37.5 Å². The average Bonchev–Trinajstić information content (AvgIpc) is 3.30. The summed E-state index contributed by atoms with van der Waals surface area (Å²) in [5.74, 6) is 3.48. The predicted octanol–water partition coefficient (Wildman–Crippen LogP) is 3.83. The van der Waals surface area contributed by atoms with Gasteiger partial charge < -0.3 is 9.32 Å². The molecule has 2 heterocycles. The Balaban J connectivity index is 1.60. The van der Waals surface area contributed by atoms with Gasteiger partial charge in [-0.15, -0.1) is 22.5 Å². The van der Waals surface area contributed by atoms with Gasteiger partial charge in [0.15, 0.2) is 5.66 Å². The lowest BCUT2D eigenvalue weighted by atomic mass is 10.0. The molecule has 1 aliphatic heterocycles. The highest BCUT2D eigenvalue weighted by Gasteiger charge is 2.39. The third-order valence-electron chi connectivity index (χ3n) is 4.53. The van der Waals surface area contributed by atoms with Crippen molar-refractivity contribution in [3.63, 3.8) is 0 Å². The van der Waals surface area contributed by atoms with E-state index in [4.69, 9.17) is 10.8 Å². The van der Waals surface area contributed by atoms with Crippen molar-refractivity contribution in [1.82, 2.24) is 15.1 Å². The Kier molecular flexibility index (Phi) is 5.65. The van der Waals surface area contributed by atoms with E-state index in [1.807, 2.05) is 44.2 Å². The summed E-state index contributed by atoms with van der Waals surface area (Å²) in [5.41, 5.74) is 0.404. The van der Waals surface area contributed by atoms with Crippen LogP contribution in [0.1, 0.15) is 45.4 Å². The van der Waals surface area contributed by atoms with E-state index in [1.54, 1.807) is 4.90 Å². The topological polar surface area (TPSA) is 84.0 Å². The van der Waals surface area contributed by atoms with Crippen molar-refractivity contribution in [1.29, 1.82) is 0 Å². The lowest BCUT2D eigenvalue weighted by molar-refractivity contribution is -0.134. The first-order valence-electron chi connectivity index (χ1n) is 9.08. The van der Waals surface area contributed by atoms with E-state index in [9.17, 15) is 4.79 Å². The summed E-state index contributed by atoms with van der Waals surface area (Å²) < 4.78 is 5.74. The third-order valence-corrected chi connectivity index (χ3v) is 4.53. The number of aromatic nitrogens is 2. The molecule has 0 unspecified atom stereocenters. The zero-order valence-electron chi connectivity index (χ0n) is 15.6. The molecule has 0 N–H and O–H groups in total. The first-order chi connectivity index (χ1) is 13.0. The Labute approximate surface area is 158 Å². The fraction of sp³-hybridized carbons (Fsp3) is 0.450. The van der Waals surface area contributed by atoms with Crippen molar-refractivity contribution in [2.75, 3.05) is 0 Å². The van der Waals surface area contributed by atoms with Crippen LogP contribution in [0.3, 0.4) is 0 Å². The Morgan fingerprint density at radius 1 is 1.22 bits per heavy atom. The molecule has 1 amide bonds. The molecule has 27 heavy (non-hydrogen) atoms. The van der Waals surface area contributed by atoms with Crippen molar-refractivity contribution in [3.05, 3.63) is 36.2 Å². The number of nitrogens with zero attached hydrogens (tertiary/aromatic N) is 5. The van der Waals surface area contributed by atoms with Crippen LogP contribution in [0.4, 0.5) is 0 Å². The highest BCUT2D eigenvalue weighted by atomic mass is 16.4.